The van der Waals surface area contributed by atoms with E-state index in [0.29, 0.717) is 6.71 Å². The first-order valence-corrected chi connectivity index (χ1v) is 12.4. The number of hydrogen-bond acceptors (Lipinski definition) is 0. The van der Waals surface area contributed by atoms with E-state index in [1.54, 1.807) is 16.4 Å². The molecule has 0 amide bonds. The van der Waals surface area contributed by atoms with Crippen molar-refractivity contribution in [2.45, 2.75) is 57.8 Å². The van der Waals surface area contributed by atoms with Crippen LogP contribution in [-0.4, -0.2) is 6.71 Å². The Morgan fingerprint density at radius 1 is 0.533 bits per heavy atom. The normalized spacial score (nSPS) is 20.1. The van der Waals surface area contributed by atoms with Crippen LogP contribution >= 0.6 is 31.9 Å². The molecular formula is C27H25BBr2. The minimum absolute atomic E-state index is 0.0216. The van der Waals surface area contributed by atoms with Crippen molar-refractivity contribution in [3.8, 4) is 0 Å². The summed E-state index contributed by atoms with van der Waals surface area (Å²) in [6.07, 6.45) is 0. The van der Waals surface area contributed by atoms with E-state index in [9.17, 15) is 0 Å². The van der Waals surface area contributed by atoms with Crippen molar-refractivity contribution in [1.29, 1.82) is 0 Å². The lowest BCUT2D eigenvalue weighted by Crippen LogP contribution is -2.71. The SMILES string of the molecule is CC1(C)c2cccc3c2B2c4c1cc(Br)cc4C(C)(C)c1cc(Br)cc(c12)C3(C)C. The van der Waals surface area contributed by atoms with Gasteiger partial charge in [-0.15, -0.1) is 0 Å². The Morgan fingerprint density at radius 2 is 0.833 bits per heavy atom. The molecule has 0 aliphatic carbocycles. The Balaban J connectivity index is 1.90. The van der Waals surface area contributed by atoms with Crippen LogP contribution in [0.4, 0.5) is 0 Å². The summed E-state index contributed by atoms with van der Waals surface area (Å²) in [6.45, 7) is 14.8. The van der Waals surface area contributed by atoms with Crippen LogP contribution < -0.4 is 16.4 Å². The molecule has 3 heterocycles. The first-order valence-electron chi connectivity index (χ1n) is 10.8. The van der Waals surface area contributed by atoms with Crippen LogP contribution in [0, 0.1) is 0 Å². The topological polar surface area (TPSA) is 0 Å². The van der Waals surface area contributed by atoms with Gasteiger partial charge in [0.2, 0.25) is 6.71 Å². The van der Waals surface area contributed by atoms with Crippen molar-refractivity contribution < 1.29 is 0 Å². The van der Waals surface area contributed by atoms with Gasteiger partial charge in [0.05, 0.1) is 0 Å². The zero-order chi connectivity index (χ0) is 21.4. The highest BCUT2D eigenvalue weighted by Crippen LogP contribution is 2.47. The Hall–Kier alpha value is -1.32. The maximum Gasteiger partial charge on any atom is 0.243 e. The molecule has 0 aromatic heterocycles. The van der Waals surface area contributed by atoms with E-state index >= 15 is 0 Å². The summed E-state index contributed by atoms with van der Waals surface area (Å²) in [4.78, 5) is 0. The second-order valence-electron chi connectivity index (χ2n) is 10.9. The van der Waals surface area contributed by atoms with E-state index in [0.717, 1.165) is 0 Å². The van der Waals surface area contributed by atoms with Crippen LogP contribution in [0.1, 0.15) is 74.9 Å². The van der Waals surface area contributed by atoms with E-state index in [-0.39, 0.29) is 16.2 Å². The molecule has 0 saturated carbocycles. The molecule has 0 unspecified atom stereocenters. The van der Waals surface area contributed by atoms with Crippen molar-refractivity contribution in [2.75, 3.05) is 0 Å². The smallest absolute Gasteiger partial charge is 0.0617 e. The van der Waals surface area contributed by atoms with Gasteiger partial charge in [0.25, 0.3) is 0 Å². The molecule has 0 spiro atoms. The van der Waals surface area contributed by atoms with Crippen LogP contribution in [0.5, 0.6) is 0 Å². The van der Waals surface area contributed by atoms with Crippen LogP contribution in [0.15, 0.2) is 51.4 Å². The lowest BCUT2D eigenvalue weighted by atomic mass is 9.23. The van der Waals surface area contributed by atoms with Crippen molar-refractivity contribution in [3.05, 3.63) is 84.8 Å². The Morgan fingerprint density at radius 3 is 1.20 bits per heavy atom. The van der Waals surface area contributed by atoms with Gasteiger partial charge >= 0.3 is 0 Å². The van der Waals surface area contributed by atoms with Gasteiger partial charge in [-0.2, -0.15) is 0 Å². The lowest BCUT2D eigenvalue weighted by Gasteiger charge is -2.52. The largest absolute Gasteiger partial charge is 0.243 e. The minimum Gasteiger partial charge on any atom is -0.0617 e. The lowest BCUT2D eigenvalue weighted by molar-refractivity contribution is 0.598. The second-order valence-corrected chi connectivity index (χ2v) is 12.7. The second kappa shape index (κ2) is 5.53. The molecule has 3 aliphatic rings. The standard InChI is InChI=1S/C27H25BBr2/c1-25(2)16-8-7-9-17-22(16)28-23-18(25)10-14(29)12-20(23)27(5,6)21-13-15(30)11-19(24(21)28)26(17,3)4/h7-13H,1-6H3. The summed E-state index contributed by atoms with van der Waals surface area (Å²) in [7, 11) is 0. The molecule has 3 heteroatoms. The number of hydrogen-bond donors (Lipinski definition) is 0. The van der Waals surface area contributed by atoms with Crippen LogP contribution in [-0.2, 0) is 16.2 Å². The predicted molar refractivity (Wildman–Crippen MR) is 136 cm³/mol. The first kappa shape index (κ1) is 19.4. The molecular weight excluding hydrogens is 495 g/mol. The average molecular weight is 520 g/mol. The van der Waals surface area contributed by atoms with E-state index < -0.39 is 0 Å². The Labute approximate surface area is 196 Å². The van der Waals surface area contributed by atoms with Gasteiger partial charge in [-0.1, -0.05) is 108 Å². The van der Waals surface area contributed by atoms with E-state index in [1.807, 2.05) is 0 Å². The van der Waals surface area contributed by atoms with Crippen molar-refractivity contribution >= 4 is 55.0 Å². The fraction of sp³-hybridized carbons (Fsp3) is 0.333. The van der Waals surface area contributed by atoms with Crippen molar-refractivity contribution in [2.24, 2.45) is 0 Å². The van der Waals surface area contributed by atoms with E-state index in [1.165, 1.54) is 42.3 Å². The van der Waals surface area contributed by atoms with Gasteiger partial charge in [-0.25, -0.2) is 0 Å². The fourth-order valence-corrected chi connectivity index (χ4v) is 7.68. The molecule has 0 saturated heterocycles. The molecule has 0 fully saturated rings. The first-order chi connectivity index (χ1) is 14.0. The van der Waals surface area contributed by atoms with Gasteiger partial charge < -0.3 is 0 Å². The summed E-state index contributed by atoms with van der Waals surface area (Å²) in [5.74, 6) is 0. The summed E-state index contributed by atoms with van der Waals surface area (Å²) in [5.41, 5.74) is 13.5. The fourth-order valence-electron chi connectivity index (χ4n) is 6.76. The highest BCUT2D eigenvalue weighted by molar-refractivity contribution is 9.10. The molecule has 3 aromatic rings. The number of benzene rings is 3. The van der Waals surface area contributed by atoms with Crippen molar-refractivity contribution in [1.82, 2.24) is 0 Å². The van der Waals surface area contributed by atoms with E-state index in [2.05, 4.69) is 116 Å². The summed E-state index contributed by atoms with van der Waals surface area (Å²) in [6, 6.07) is 16.6. The van der Waals surface area contributed by atoms with Gasteiger partial charge in [-0.05, 0) is 57.6 Å². The third-order valence-electron chi connectivity index (χ3n) is 8.30. The summed E-state index contributed by atoms with van der Waals surface area (Å²) < 4.78 is 2.37. The van der Waals surface area contributed by atoms with Crippen LogP contribution in [0.25, 0.3) is 0 Å². The predicted octanol–water partition coefficient (Wildman–Crippen LogP) is 5.65. The quantitative estimate of drug-likeness (QED) is 0.337. The zero-order valence-corrected chi connectivity index (χ0v) is 21.5. The molecule has 0 nitrogen and oxygen atoms in total. The molecule has 0 N–H and O–H groups in total. The van der Waals surface area contributed by atoms with Crippen LogP contribution in [0.3, 0.4) is 0 Å². The molecule has 150 valence electrons. The van der Waals surface area contributed by atoms with Gasteiger partial charge in [0.15, 0.2) is 0 Å². The van der Waals surface area contributed by atoms with Gasteiger partial charge in [0.1, 0.15) is 0 Å². The summed E-state index contributed by atoms with van der Waals surface area (Å²) in [5, 5.41) is 0. The third kappa shape index (κ3) is 2.05. The maximum absolute atomic E-state index is 3.86. The number of halogens is 2. The summed E-state index contributed by atoms with van der Waals surface area (Å²) >= 11 is 7.72. The molecule has 3 aromatic carbocycles. The molecule has 0 bridgehead atoms. The highest BCUT2D eigenvalue weighted by atomic mass is 79.9. The zero-order valence-electron chi connectivity index (χ0n) is 18.4. The molecule has 3 aliphatic heterocycles. The Bertz CT molecular complexity index is 1200. The molecule has 0 atom stereocenters. The Kier molecular flexibility index (Phi) is 3.57. The molecule has 6 rings (SSSR count). The van der Waals surface area contributed by atoms with Crippen LogP contribution in [0.2, 0.25) is 0 Å². The average Bonchev–Trinajstić information content (AvgIpc) is 2.66. The maximum atomic E-state index is 3.86. The van der Waals surface area contributed by atoms with Gasteiger partial charge in [-0.3, -0.25) is 0 Å². The van der Waals surface area contributed by atoms with Gasteiger partial charge in [0, 0.05) is 25.2 Å². The number of rotatable bonds is 0. The van der Waals surface area contributed by atoms with Crippen molar-refractivity contribution in [3.63, 3.8) is 0 Å². The van der Waals surface area contributed by atoms with E-state index in [4.69, 9.17) is 0 Å². The minimum atomic E-state index is -0.0474. The molecule has 0 radical (unpaired) electrons. The highest BCUT2D eigenvalue weighted by Gasteiger charge is 2.54. The third-order valence-corrected chi connectivity index (χ3v) is 9.22. The molecule has 30 heavy (non-hydrogen) atoms. The monoisotopic (exact) mass is 518 g/mol.